The SMILES string of the molecule is Cc1cc(Br)ccc1-n1c(=S)[nH]c2c(F)cc(F)cc21. The van der Waals surface area contributed by atoms with E-state index in [4.69, 9.17) is 12.2 Å². The highest BCUT2D eigenvalue weighted by atomic mass is 79.9. The Hall–Kier alpha value is -1.53. The van der Waals surface area contributed by atoms with Gasteiger partial charge in [-0.2, -0.15) is 0 Å². The molecule has 0 fully saturated rings. The number of fused-ring (bicyclic) bond motifs is 1. The number of halogens is 3. The highest BCUT2D eigenvalue weighted by Crippen LogP contribution is 2.26. The van der Waals surface area contributed by atoms with Crippen LogP contribution in [-0.2, 0) is 0 Å². The van der Waals surface area contributed by atoms with Gasteiger partial charge in [-0.25, -0.2) is 8.78 Å². The van der Waals surface area contributed by atoms with Gasteiger partial charge >= 0.3 is 0 Å². The summed E-state index contributed by atoms with van der Waals surface area (Å²) < 4.78 is 30.1. The number of benzene rings is 2. The van der Waals surface area contributed by atoms with Crippen LogP contribution in [0.1, 0.15) is 5.56 Å². The molecule has 0 aliphatic rings. The number of imidazole rings is 1. The van der Waals surface area contributed by atoms with Gasteiger partial charge in [0.1, 0.15) is 11.3 Å². The Morgan fingerprint density at radius 2 is 1.95 bits per heavy atom. The Morgan fingerprint density at radius 1 is 1.20 bits per heavy atom. The fraction of sp³-hybridized carbons (Fsp3) is 0.0714. The molecule has 1 N–H and O–H groups in total. The molecule has 0 atom stereocenters. The van der Waals surface area contributed by atoms with E-state index in [1.54, 1.807) is 4.57 Å². The second kappa shape index (κ2) is 4.79. The minimum atomic E-state index is -0.653. The molecule has 3 rings (SSSR count). The van der Waals surface area contributed by atoms with E-state index in [0.29, 0.717) is 10.3 Å². The predicted octanol–water partition coefficient (Wildman–Crippen LogP) is 5.04. The van der Waals surface area contributed by atoms with Gasteiger partial charge in [0.15, 0.2) is 10.6 Å². The lowest BCUT2D eigenvalue weighted by molar-refractivity contribution is 0.590. The molecular formula is C14H9BrF2N2S. The molecule has 0 bridgehead atoms. The maximum absolute atomic E-state index is 13.8. The second-order valence-corrected chi connectivity index (χ2v) is 5.78. The summed E-state index contributed by atoms with van der Waals surface area (Å²) in [5.74, 6) is -1.29. The standard InChI is InChI=1S/C14H9BrF2N2S/c1-7-4-8(15)2-3-11(7)19-12-6-9(16)5-10(17)13(12)18-14(19)20/h2-6H,1H3,(H,18,20). The normalized spacial score (nSPS) is 11.2. The van der Waals surface area contributed by atoms with E-state index in [2.05, 4.69) is 20.9 Å². The molecule has 0 spiro atoms. The first kappa shape index (κ1) is 13.5. The van der Waals surface area contributed by atoms with Crippen LogP contribution in [0.25, 0.3) is 16.7 Å². The van der Waals surface area contributed by atoms with Crippen molar-refractivity contribution in [1.29, 1.82) is 0 Å². The van der Waals surface area contributed by atoms with Gasteiger partial charge < -0.3 is 4.98 Å². The third-order valence-corrected chi connectivity index (χ3v) is 3.89. The van der Waals surface area contributed by atoms with Crippen molar-refractivity contribution < 1.29 is 8.78 Å². The van der Waals surface area contributed by atoms with Gasteiger partial charge in [0.05, 0.1) is 11.2 Å². The highest BCUT2D eigenvalue weighted by Gasteiger charge is 2.13. The monoisotopic (exact) mass is 354 g/mol. The molecule has 0 unspecified atom stereocenters. The number of nitrogens with one attached hydrogen (secondary N) is 1. The van der Waals surface area contributed by atoms with E-state index in [0.717, 1.165) is 21.8 Å². The molecule has 2 aromatic carbocycles. The summed E-state index contributed by atoms with van der Waals surface area (Å²) in [5.41, 5.74) is 2.33. The zero-order chi connectivity index (χ0) is 14.4. The molecule has 0 saturated heterocycles. The maximum atomic E-state index is 13.8. The fourth-order valence-electron chi connectivity index (χ4n) is 2.24. The van der Waals surface area contributed by atoms with E-state index in [9.17, 15) is 8.78 Å². The predicted molar refractivity (Wildman–Crippen MR) is 80.8 cm³/mol. The van der Waals surface area contributed by atoms with Crippen LogP contribution in [0.15, 0.2) is 34.8 Å². The Morgan fingerprint density at radius 3 is 2.65 bits per heavy atom. The molecule has 20 heavy (non-hydrogen) atoms. The van der Waals surface area contributed by atoms with Gasteiger partial charge in [0, 0.05) is 16.6 Å². The first-order chi connectivity index (χ1) is 9.47. The molecule has 0 amide bonds. The fourth-order valence-corrected chi connectivity index (χ4v) is 3.02. The zero-order valence-electron chi connectivity index (χ0n) is 10.4. The number of aryl methyl sites for hydroxylation is 1. The molecule has 0 saturated carbocycles. The molecule has 0 aliphatic carbocycles. The molecule has 0 radical (unpaired) electrons. The third-order valence-electron chi connectivity index (χ3n) is 3.11. The van der Waals surface area contributed by atoms with Gasteiger partial charge in [-0.1, -0.05) is 15.9 Å². The van der Waals surface area contributed by atoms with Crippen LogP contribution in [0.4, 0.5) is 8.78 Å². The van der Waals surface area contributed by atoms with Crippen molar-refractivity contribution in [2.45, 2.75) is 6.92 Å². The average molecular weight is 355 g/mol. The Bertz CT molecular complexity index is 883. The van der Waals surface area contributed by atoms with Crippen LogP contribution in [0, 0.1) is 23.3 Å². The third kappa shape index (κ3) is 2.09. The lowest BCUT2D eigenvalue weighted by atomic mass is 10.2. The Balaban J connectivity index is 2.42. The topological polar surface area (TPSA) is 20.7 Å². The van der Waals surface area contributed by atoms with Crippen molar-refractivity contribution in [1.82, 2.24) is 9.55 Å². The largest absolute Gasteiger partial charge is 0.328 e. The Kier molecular flexibility index (Phi) is 3.22. The summed E-state index contributed by atoms with van der Waals surface area (Å²) in [6.07, 6.45) is 0. The van der Waals surface area contributed by atoms with Crippen molar-refractivity contribution in [3.8, 4) is 5.69 Å². The molecule has 3 aromatic rings. The minimum absolute atomic E-state index is 0.207. The molecule has 1 aromatic heterocycles. The van der Waals surface area contributed by atoms with Crippen molar-refractivity contribution in [3.05, 3.63) is 56.8 Å². The molecule has 2 nitrogen and oxygen atoms in total. The van der Waals surface area contributed by atoms with Crippen LogP contribution in [-0.4, -0.2) is 9.55 Å². The number of aromatic nitrogens is 2. The summed E-state index contributed by atoms with van der Waals surface area (Å²) in [4.78, 5) is 2.79. The average Bonchev–Trinajstić information content (AvgIpc) is 2.67. The number of nitrogens with zero attached hydrogens (tertiary/aromatic N) is 1. The van der Waals surface area contributed by atoms with Crippen molar-refractivity contribution >= 4 is 39.2 Å². The van der Waals surface area contributed by atoms with Crippen LogP contribution in [0.3, 0.4) is 0 Å². The van der Waals surface area contributed by atoms with Crippen LogP contribution >= 0.6 is 28.1 Å². The van der Waals surface area contributed by atoms with E-state index in [1.165, 1.54) is 6.07 Å². The van der Waals surface area contributed by atoms with Gasteiger partial charge in [0.25, 0.3) is 0 Å². The molecule has 1 heterocycles. The summed E-state index contributed by atoms with van der Waals surface area (Å²) >= 11 is 8.62. The van der Waals surface area contributed by atoms with Crippen molar-refractivity contribution in [3.63, 3.8) is 0 Å². The summed E-state index contributed by atoms with van der Waals surface area (Å²) in [7, 11) is 0. The lowest BCUT2D eigenvalue weighted by Gasteiger charge is -2.09. The molecule has 0 aliphatic heterocycles. The van der Waals surface area contributed by atoms with Gasteiger partial charge in [-0.3, -0.25) is 4.57 Å². The number of aromatic amines is 1. The van der Waals surface area contributed by atoms with E-state index >= 15 is 0 Å². The number of hydrogen-bond donors (Lipinski definition) is 1. The lowest BCUT2D eigenvalue weighted by Crippen LogP contribution is -1.97. The number of rotatable bonds is 1. The second-order valence-electron chi connectivity index (χ2n) is 4.48. The van der Waals surface area contributed by atoms with Crippen molar-refractivity contribution in [2.75, 3.05) is 0 Å². The van der Waals surface area contributed by atoms with Crippen molar-refractivity contribution in [2.24, 2.45) is 0 Å². The molecule has 102 valence electrons. The minimum Gasteiger partial charge on any atom is -0.328 e. The van der Waals surface area contributed by atoms with Gasteiger partial charge in [-0.05, 0) is 42.9 Å². The maximum Gasteiger partial charge on any atom is 0.182 e. The Labute approximate surface area is 127 Å². The molecule has 6 heteroatoms. The number of H-pyrrole nitrogens is 1. The highest BCUT2D eigenvalue weighted by molar-refractivity contribution is 9.10. The van der Waals surface area contributed by atoms with Crippen LogP contribution in [0.2, 0.25) is 0 Å². The summed E-state index contributed by atoms with van der Waals surface area (Å²) in [6.45, 7) is 1.91. The van der Waals surface area contributed by atoms with Gasteiger partial charge in [-0.15, -0.1) is 0 Å². The quantitative estimate of drug-likeness (QED) is 0.607. The van der Waals surface area contributed by atoms with E-state index in [1.807, 2.05) is 25.1 Å². The van der Waals surface area contributed by atoms with E-state index < -0.39 is 11.6 Å². The first-order valence-corrected chi connectivity index (χ1v) is 7.04. The summed E-state index contributed by atoms with van der Waals surface area (Å²) in [5, 5.41) is 0. The smallest absolute Gasteiger partial charge is 0.182 e. The summed E-state index contributed by atoms with van der Waals surface area (Å²) in [6, 6.07) is 7.74. The number of hydrogen-bond acceptors (Lipinski definition) is 1. The first-order valence-electron chi connectivity index (χ1n) is 5.83. The van der Waals surface area contributed by atoms with Crippen LogP contribution in [0.5, 0.6) is 0 Å². The van der Waals surface area contributed by atoms with Gasteiger partial charge in [0.2, 0.25) is 0 Å². The molecular weight excluding hydrogens is 346 g/mol. The van der Waals surface area contributed by atoms with Crippen LogP contribution < -0.4 is 0 Å². The zero-order valence-corrected chi connectivity index (χ0v) is 12.8. The van der Waals surface area contributed by atoms with E-state index in [-0.39, 0.29) is 5.52 Å².